The van der Waals surface area contributed by atoms with Gasteiger partial charge in [0.2, 0.25) is 0 Å². The number of piperidine rings is 1. The van der Waals surface area contributed by atoms with E-state index in [0.717, 1.165) is 38.2 Å². The van der Waals surface area contributed by atoms with Crippen molar-refractivity contribution in [3.8, 4) is 5.69 Å². The lowest BCUT2D eigenvalue weighted by atomic mass is 9.98. The lowest BCUT2D eigenvalue weighted by Crippen LogP contribution is -2.54. The Morgan fingerprint density at radius 2 is 1.92 bits per heavy atom. The number of hydrogen-bond acceptors (Lipinski definition) is 5. The van der Waals surface area contributed by atoms with Crippen molar-refractivity contribution in [3.05, 3.63) is 41.7 Å². The highest BCUT2D eigenvalue weighted by Crippen LogP contribution is 2.35. The standard InChI is InChI=1S/C19H25N5O2/c1-3-22-10-8-19(9-11-22)23(12-13-26-19)18(25)17-14-24(21-20-17)16-6-4-15(2)5-7-16/h4-7,14H,3,8-13H2,1-2H3. The molecule has 0 saturated carbocycles. The van der Waals surface area contributed by atoms with Gasteiger partial charge < -0.3 is 14.5 Å². The minimum atomic E-state index is -0.476. The van der Waals surface area contributed by atoms with Gasteiger partial charge in [0.25, 0.3) is 5.91 Å². The van der Waals surface area contributed by atoms with Crippen molar-refractivity contribution >= 4 is 5.91 Å². The molecule has 0 unspecified atom stereocenters. The van der Waals surface area contributed by atoms with Crippen molar-refractivity contribution in [3.63, 3.8) is 0 Å². The molecule has 26 heavy (non-hydrogen) atoms. The summed E-state index contributed by atoms with van der Waals surface area (Å²) >= 11 is 0. The predicted octanol–water partition coefficient (Wildman–Crippen LogP) is 1.86. The number of aromatic nitrogens is 3. The maximum Gasteiger partial charge on any atom is 0.278 e. The second-order valence-corrected chi connectivity index (χ2v) is 7.07. The highest BCUT2D eigenvalue weighted by atomic mass is 16.5. The number of benzene rings is 1. The van der Waals surface area contributed by atoms with Crippen molar-refractivity contribution < 1.29 is 9.53 Å². The number of hydrogen-bond donors (Lipinski definition) is 0. The van der Waals surface area contributed by atoms with E-state index in [4.69, 9.17) is 4.74 Å². The quantitative estimate of drug-likeness (QED) is 0.841. The normalized spacial score (nSPS) is 20.0. The zero-order valence-electron chi connectivity index (χ0n) is 15.4. The van der Waals surface area contributed by atoms with Crippen LogP contribution >= 0.6 is 0 Å². The Hall–Kier alpha value is -2.25. The van der Waals surface area contributed by atoms with Crippen molar-refractivity contribution in [2.75, 3.05) is 32.8 Å². The van der Waals surface area contributed by atoms with Crippen LogP contribution in [0.15, 0.2) is 30.5 Å². The molecule has 4 rings (SSSR count). The average Bonchev–Trinajstić information content (AvgIpc) is 3.30. The molecule has 1 aromatic heterocycles. The van der Waals surface area contributed by atoms with Crippen molar-refractivity contribution in [2.24, 2.45) is 0 Å². The number of likely N-dealkylation sites (tertiary alicyclic amines) is 1. The van der Waals surface area contributed by atoms with Gasteiger partial charge in [0, 0.05) is 32.5 Å². The van der Waals surface area contributed by atoms with E-state index in [1.807, 2.05) is 36.1 Å². The lowest BCUT2D eigenvalue weighted by molar-refractivity contribution is -0.104. The molecule has 2 aliphatic heterocycles. The smallest absolute Gasteiger partial charge is 0.278 e. The first-order valence-corrected chi connectivity index (χ1v) is 9.29. The van der Waals surface area contributed by atoms with Gasteiger partial charge in [-0.3, -0.25) is 4.79 Å². The predicted molar refractivity (Wildman–Crippen MR) is 97.2 cm³/mol. The summed E-state index contributed by atoms with van der Waals surface area (Å²) in [6.07, 6.45) is 3.40. The molecular weight excluding hydrogens is 330 g/mol. The molecule has 1 spiro atoms. The Labute approximate surface area is 153 Å². The second kappa shape index (κ2) is 6.81. The Morgan fingerprint density at radius 3 is 2.62 bits per heavy atom. The Kier molecular flexibility index (Phi) is 4.50. The molecular formula is C19H25N5O2. The fourth-order valence-electron chi connectivity index (χ4n) is 3.85. The first-order chi connectivity index (χ1) is 12.6. The zero-order chi connectivity index (χ0) is 18.1. The van der Waals surface area contributed by atoms with E-state index in [0.29, 0.717) is 18.8 Å². The molecule has 1 aromatic carbocycles. The average molecular weight is 355 g/mol. The van der Waals surface area contributed by atoms with Gasteiger partial charge in [-0.15, -0.1) is 5.10 Å². The topological polar surface area (TPSA) is 63.5 Å². The van der Waals surface area contributed by atoms with Gasteiger partial charge in [0.05, 0.1) is 18.5 Å². The third-order valence-corrected chi connectivity index (χ3v) is 5.52. The third kappa shape index (κ3) is 3.01. The Morgan fingerprint density at radius 1 is 1.19 bits per heavy atom. The molecule has 7 nitrogen and oxygen atoms in total. The molecule has 0 bridgehead atoms. The van der Waals surface area contributed by atoms with E-state index in [9.17, 15) is 4.79 Å². The summed E-state index contributed by atoms with van der Waals surface area (Å²) < 4.78 is 7.71. The van der Waals surface area contributed by atoms with Crippen LogP contribution in [0, 0.1) is 6.92 Å². The van der Waals surface area contributed by atoms with Crippen LogP contribution in [-0.2, 0) is 4.74 Å². The van der Waals surface area contributed by atoms with Gasteiger partial charge in [-0.1, -0.05) is 29.8 Å². The number of aryl methyl sites for hydroxylation is 1. The van der Waals surface area contributed by atoms with Crippen molar-refractivity contribution in [2.45, 2.75) is 32.4 Å². The van der Waals surface area contributed by atoms with E-state index in [-0.39, 0.29) is 5.91 Å². The number of rotatable bonds is 3. The molecule has 2 aliphatic rings. The molecule has 2 saturated heterocycles. The first-order valence-electron chi connectivity index (χ1n) is 9.29. The highest BCUT2D eigenvalue weighted by Gasteiger charge is 2.47. The van der Waals surface area contributed by atoms with Gasteiger partial charge in [0.15, 0.2) is 5.69 Å². The van der Waals surface area contributed by atoms with E-state index >= 15 is 0 Å². The molecule has 3 heterocycles. The Balaban J connectivity index is 1.53. The summed E-state index contributed by atoms with van der Waals surface area (Å²) in [4.78, 5) is 17.3. The number of amides is 1. The van der Waals surface area contributed by atoms with E-state index in [1.165, 1.54) is 5.56 Å². The maximum atomic E-state index is 13.1. The molecule has 2 aromatic rings. The highest BCUT2D eigenvalue weighted by molar-refractivity contribution is 5.92. The van der Waals surface area contributed by atoms with Gasteiger partial charge in [-0.05, 0) is 25.6 Å². The SMILES string of the molecule is CCN1CCC2(CC1)OCCN2C(=O)c1cn(-c2ccc(C)cc2)nn1. The third-order valence-electron chi connectivity index (χ3n) is 5.52. The van der Waals surface area contributed by atoms with Gasteiger partial charge in [-0.25, -0.2) is 4.68 Å². The largest absolute Gasteiger partial charge is 0.354 e. The number of ether oxygens (including phenoxy) is 1. The zero-order valence-corrected chi connectivity index (χ0v) is 15.4. The fourth-order valence-corrected chi connectivity index (χ4v) is 3.85. The molecule has 2 fully saturated rings. The van der Waals surface area contributed by atoms with Gasteiger partial charge >= 0.3 is 0 Å². The summed E-state index contributed by atoms with van der Waals surface area (Å²) in [5, 5.41) is 8.26. The monoisotopic (exact) mass is 355 g/mol. The van der Waals surface area contributed by atoms with Crippen LogP contribution in [0.3, 0.4) is 0 Å². The number of nitrogens with zero attached hydrogens (tertiary/aromatic N) is 5. The minimum absolute atomic E-state index is 0.0918. The number of carbonyl (C=O) groups excluding carboxylic acids is 1. The van der Waals surface area contributed by atoms with Crippen LogP contribution in [0.4, 0.5) is 0 Å². The molecule has 138 valence electrons. The number of carbonyl (C=O) groups is 1. The van der Waals surface area contributed by atoms with Crippen LogP contribution in [0.2, 0.25) is 0 Å². The van der Waals surface area contributed by atoms with Crippen LogP contribution in [0.5, 0.6) is 0 Å². The van der Waals surface area contributed by atoms with E-state index in [1.54, 1.807) is 10.9 Å². The summed E-state index contributed by atoms with van der Waals surface area (Å²) in [7, 11) is 0. The summed E-state index contributed by atoms with van der Waals surface area (Å²) in [5.74, 6) is -0.0918. The Bertz CT molecular complexity index is 777. The van der Waals surface area contributed by atoms with Gasteiger partial charge in [0.1, 0.15) is 5.72 Å². The molecule has 0 radical (unpaired) electrons. The van der Waals surface area contributed by atoms with Crippen LogP contribution in [0.1, 0.15) is 35.8 Å². The van der Waals surface area contributed by atoms with E-state index < -0.39 is 5.72 Å². The fraction of sp³-hybridized carbons (Fsp3) is 0.526. The molecule has 7 heteroatoms. The summed E-state index contributed by atoms with van der Waals surface area (Å²) in [6.45, 7) is 8.35. The van der Waals surface area contributed by atoms with Gasteiger partial charge in [-0.2, -0.15) is 0 Å². The molecule has 0 atom stereocenters. The van der Waals surface area contributed by atoms with Crippen LogP contribution < -0.4 is 0 Å². The maximum absolute atomic E-state index is 13.1. The molecule has 0 N–H and O–H groups in total. The summed E-state index contributed by atoms with van der Waals surface area (Å²) in [5.41, 5.74) is 1.97. The van der Waals surface area contributed by atoms with Crippen LogP contribution in [0.25, 0.3) is 5.69 Å². The van der Waals surface area contributed by atoms with Crippen molar-refractivity contribution in [1.82, 2.24) is 24.8 Å². The summed E-state index contributed by atoms with van der Waals surface area (Å²) in [6, 6.07) is 7.98. The first kappa shape index (κ1) is 17.2. The second-order valence-electron chi connectivity index (χ2n) is 7.07. The van der Waals surface area contributed by atoms with Crippen molar-refractivity contribution in [1.29, 1.82) is 0 Å². The molecule has 0 aliphatic carbocycles. The van der Waals surface area contributed by atoms with Crippen LogP contribution in [-0.4, -0.2) is 69.2 Å². The molecule has 1 amide bonds. The van der Waals surface area contributed by atoms with E-state index in [2.05, 4.69) is 22.1 Å². The lowest BCUT2D eigenvalue weighted by Gasteiger charge is -2.43. The minimum Gasteiger partial charge on any atom is -0.354 e.